The summed E-state index contributed by atoms with van der Waals surface area (Å²) in [5, 5.41) is 12.0. The molecule has 4 aliphatic heterocycles. The molecule has 0 bridgehead atoms. The lowest BCUT2D eigenvalue weighted by atomic mass is 9.72. The van der Waals surface area contributed by atoms with Crippen LogP contribution in [-0.4, -0.2) is 65.2 Å². The van der Waals surface area contributed by atoms with Crippen molar-refractivity contribution < 1.29 is 29.0 Å². The quantitative estimate of drug-likeness (QED) is 0.564. The number of aromatic amines is 1. The molecule has 2 aromatic rings. The summed E-state index contributed by atoms with van der Waals surface area (Å²) in [6.07, 6.45) is 4.53. The summed E-state index contributed by atoms with van der Waals surface area (Å²) in [6.45, 7) is 4.13. The molecule has 0 unspecified atom stereocenters. The number of methoxy groups -OCH3 is 1. The number of hydrogen-bond acceptors (Lipinski definition) is 6. The SMILES string of the molecule is COC(=O)C1=CO[C@@H](C)[C@H]2CN3CCc4c([nH]c5ccccc45)[C@@H]3C[C@H]12.O=C1CC[C@@H](C(=O)O)N1. The number of H-pyrrole nitrogens is 1. The van der Waals surface area contributed by atoms with Crippen LogP contribution in [0.2, 0.25) is 0 Å². The molecule has 5 atom stereocenters. The van der Waals surface area contributed by atoms with Gasteiger partial charge in [0.15, 0.2) is 0 Å². The van der Waals surface area contributed by atoms with Crippen molar-refractivity contribution in [1.82, 2.24) is 15.2 Å². The molecule has 6 rings (SSSR count). The van der Waals surface area contributed by atoms with Gasteiger partial charge in [-0.05, 0) is 37.8 Å². The zero-order chi connectivity index (χ0) is 24.7. The van der Waals surface area contributed by atoms with E-state index in [2.05, 4.69) is 46.4 Å². The lowest BCUT2D eigenvalue weighted by Gasteiger charge is -2.49. The van der Waals surface area contributed by atoms with Gasteiger partial charge in [-0.1, -0.05) is 18.2 Å². The second-order valence-corrected chi connectivity index (χ2v) is 9.73. The first-order valence-electron chi connectivity index (χ1n) is 12.2. The van der Waals surface area contributed by atoms with E-state index in [0.29, 0.717) is 30.4 Å². The summed E-state index contributed by atoms with van der Waals surface area (Å²) < 4.78 is 10.8. The van der Waals surface area contributed by atoms with Crippen molar-refractivity contribution in [3.05, 3.63) is 47.4 Å². The van der Waals surface area contributed by atoms with E-state index >= 15 is 0 Å². The van der Waals surface area contributed by atoms with Crippen LogP contribution in [0.5, 0.6) is 0 Å². The molecule has 0 saturated carbocycles. The van der Waals surface area contributed by atoms with E-state index in [1.807, 2.05) is 0 Å². The summed E-state index contributed by atoms with van der Waals surface area (Å²) in [7, 11) is 1.45. The average Bonchev–Trinajstić information content (AvgIpc) is 3.47. The van der Waals surface area contributed by atoms with Gasteiger partial charge in [-0.3, -0.25) is 9.69 Å². The molecule has 2 fully saturated rings. The number of amides is 1. The highest BCUT2D eigenvalue weighted by Crippen LogP contribution is 2.47. The van der Waals surface area contributed by atoms with Crippen LogP contribution in [0, 0.1) is 11.8 Å². The van der Waals surface area contributed by atoms with Gasteiger partial charge in [-0.15, -0.1) is 0 Å². The van der Waals surface area contributed by atoms with E-state index in [4.69, 9.17) is 14.6 Å². The van der Waals surface area contributed by atoms with Crippen LogP contribution < -0.4 is 5.32 Å². The van der Waals surface area contributed by atoms with Crippen LogP contribution in [0.4, 0.5) is 0 Å². The largest absolute Gasteiger partial charge is 0.497 e. The molecule has 2 saturated heterocycles. The lowest BCUT2D eigenvalue weighted by molar-refractivity contribution is -0.140. The molecule has 0 spiro atoms. The Morgan fingerprint density at radius 1 is 1.23 bits per heavy atom. The summed E-state index contributed by atoms with van der Waals surface area (Å²) in [6, 6.07) is 8.24. The summed E-state index contributed by atoms with van der Waals surface area (Å²) in [5.41, 5.74) is 4.69. The maximum absolute atomic E-state index is 12.3. The number of piperidine rings is 1. The fraction of sp³-hybridized carbons (Fsp3) is 0.500. The molecule has 35 heavy (non-hydrogen) atoms. The number of rotatable bonds is 2. The lowest BCUT2D eigenvalue weighted by Crippen LogP contribution is -2.51. The van der Waals surface area contributed by atoms with Crippen LogP contribution in [0.15, 0.2) is 36.1 Å². The highest BCUT2D eigenvalue weighted by atomic mass is 16.5. The van der Waals surface area contributed by atoms with E-state index < -0.39 is 12.0 Å². The third-order valence-electron chi connectivity index (χ3n) is 7.84. The van der Waals surface area contributed by atoms with E-state index in [0.717, 1.165) is 25.9 Å². The highest BCUT2D eigenvalue weighted by molar-refractivity contribution is 5.89. The van der Waals surface area contributed by atoms with Crippen molar-refractivity contribution in [3.8, 4) is 0 Å². The smallest absolute Gasteiger partial charge is 0.337 e. The topological polar surface area (TPSA) is 121 Å². The van der Waals surface area contributed by atoms with E-state index in [1.54, 1.807) is 6.26 Å². The first kappa shape index (κ1) is 23.4. The number of hydrogen-bond donors (Lipinski definition) is 3. The highest BCUT2D eigenvalue weighted by Gasteiger charge is 2.46. The van der Waals surface area contributed by atoms with Crippen molar-refractivity contribution in [1.29, 1.82) is 0 Å². The van der Waals surface area contributed by atoms with Gasteiger partial charge in [0.05, 0.1) is 31.1 Å². The molecule has 0 aliphatic carbocycles. The van der Waals surface area contributed by atoms with Crippen molar-refractivity contribution in [3.63, 3.8) is 0 Å². The summed E-state index contributed by atoms with van der Waals surface area (Å²) in [5.74, 6) is -0.850. The second-order valence-electron chi connectivity index (χ2n) is 9.73. The molecular weight excluding hydrogens is 450 g/mol. The Labute approximate surface area is 203 Å². The van der Waals surface area contributed by atoms with Crippen molar-refractivity contribution in [2.75, 3.05) is 20.2 Å². The van der Waals surface area contributed by atoms with Gasteiger partial charge >= 0.3 is 11.9 Å². The number of carboxylic acids is 1. The minimum Gasteiger partial charge on any atom is -0.497 e. The Morgan fingerprint density at radius 2 is 2.03 bits per heavy atom. The van der Waals surface area contributed by atoms with Crippen LogP contribution >= 0.6 is 0 Å². The van der Waals surface area contributed by atoms with E-state index in [1.165, 1.54) is 29.3 Å². The molecule has 9 nitrogen and oxygen atoms in total. The minimum atomic E-state index is -0.944. The molecule has 1 aromatic heterocycles. The number of carboxylic acid groups (broad SMARTS) is 1. The number of esters is 1. The molecule has 5 heterocycles. The Morgan fingerprint density at radius 3 is 2.71 bits per heavy atom. The number of carbonyl (C=O) groups is 3. The Balaban J connectivity index is 0.000000239. The molecule has 3 N–H and O–H groups in total. The Hall–Kier alpha value is -3.33. The maximum atomic E-state index is 12.3. The monoisotopic (exact) mass is 481 g/mol. The number of nitrogens with zero attached hydrogens (tertiary/aromatic N) is 1. The fourth-order valence-corrected chi connectivity index (χ4v) is 5.99. The van der Waals surface area contributed by atoms with Crippen LogP contribution in [0.3, 0.4) is 0 Å². The maximum Gasteiger partial charge on any atom is 0.337 e. The first-order valence-corrected chi connectivity index (χ1v) is 12.2. The zero-order valence-electron chi connectivity index (χ0n) is 20.0. The van der Waals surface area contributed by atoms with Crippen LogP contribution in [0.1, 0.15) is 43.5 Å². The third-order valence-corrected chi connectivity index (χ3v) is 7.84. The van der Waals surface area contributed by atoms with Gasteiger partial charge in [-0.2, -0.15) is 0 Å². The Kier molecular flexibility index (Phi) is 6.27. The zero-order valence-corrected chi connectivity index (χ0v) is 20.0. The van der Waals surface area contributed by atoms with Crippen molar-refractivity contribution in [2.45, 2.75) is 50.8 Å². The van der Waals surface area contributed by atoms with Crippen molar-refractivity contribution >= 4 is 28.7 Å². The number of fused-ring (bicyclic) bond motifs is 6. The number of aliphatic carboxylic acids is 1. The number of aromatic nitrogens is 1. The molecule has 9 heteroatoms. The fourth-order valence-electron chi connectivity index (χ4n) is 5.99. The number of carbonyl (C=O) groups excluding carboxylic acids is 2. The van der Waals surface area contributed by atoms with Crippen molar-refractivity contribution in [2.24, 2.45) is 11.8 Å². The molecule has 1 amide bonds. The van der Waals surface area contributed by atoms with E-state index in [-0.39, 0.29) is 23.9 Å². The molecule has 1 aromatic carbocycles. The van der Waals surface area contributed by atoms with Gasteiger partial charge < -0.3 is 24.9 Å². The number of benzene rings is 1. The van der Waals surface area contributed by atoms with Gasteiger partial charge in [0.2, 0.25) is 5.91 Å². The predicted molar refractivity (Wildman–Crippen MR) is 127 cm³/mol. The standard InChI is InChI=1S/C21H24N2O3.C5H7NO3/c1-12-16-10-23-8-7-14-13-5-3-4-6-18(13)22-20(14)19(23)9-15(16)17(11-26-12)21(24)25-2;7-4-2-1-3(6-4)5(8)9/h3-6,11-12,15-16,19,22H,7-10H2,1-2H3;3H,1-2H2,(H,6,7)(H,8,9)/t12-,15-,16+,19-;3-/m00/s1. The number of ether oxygens (including phenoxy) is 2. The first-order chi connectivity index (χ1) is 16.9. The van der Waals surface area contributed by atoms with Crippen LogP contribution in [0.25, 0.3) is 10.9 Å². The minimum absolute atomic E-state index is 0.124. The normalized spacial score (nSPS) is 29.4. The molecular formula is C26H31N3O6. The molecule has 0 radical (unpaired) electrons. The van der Waals surface area contributed by atoms with Crippen LogP contribution in [-0.2, 0) is 30.3 Å². The van der Waals surface area contributed by atoms with Gasteiger partial charge in [-0.25, -0.2) is 9.59 Å². The van der Waals surface area contributed by atoms with Gasteiger partial charge in [0.1, 0.15) is 6.04 Å². The number of para-hydroxylation sites is 1. The summed E-state index contributed by atoms with van der Waals surface area (Å²) in [4.78, 5) is 39.0. The average molecular weight is 482 g/mol. The molecule has 4 aliphatic rings. The second kappa shape index (κ2) is 9.37. The predicted octanol–water partition coefficient (Wildman–Crippen LogP) is 2.53. The van der Waals surface area contributed by atoms with Gasteiger partial charge in [0.25, 0.3) is 0 Å². The molecule has 186 valence electrons. The van der Waals surface area contributed by atoms with Gasteiger partial charge in [0, 0.05) is 47.9 Å². The third kappa shape index (κ3) is 4.29. The van der Waals surface area contributed by atoms with E-state index in [9.17, 15) is 14.4 Å². The summed E-state index contributed by atoms with van der Waals surface area (Å²) >= 11 is 0. The number of nitrogens with one attached hydrogen (secondary N) is 2. The Bertz CT molecular complexity index is 1190.